The summed E-state index contributed by atoms with van der Waals surface area (Å²) in [7, 11) is 0. The van der Waals surface area contributed by atoms with Crippen LogP contribution in [0.2, 0.25) is 0 Å². The Morgan fingerprint density at radius 1 is 0.952 bits per heavy atom. The van der Waals surface area contributed by atoms with Crippen LogP contribution in [0.15, 0.2) is 36.4 Å². The molecule has 112 valence electrons. The van der Waals surface area contributed by atoms with Crippen LogP contribution in [0.25, 0.3) is 0 Å². The first-order valence-electron chi connectivity index (χ1n) is 7.28. The van der Waals surface area contributed by atoms with Crippen molar-refractivity contribution >= 4 is 0 Å². The largest absolute Gasteiger partial charge is 0.494 e. The fourth-order valence-electron chi connectivity index (χ4n) is 2.36. The highest BCUT2D eigenvalue weighted by Crippen LogP contribution is 2.15. The first kappa shape index (κ1) is 15.5. The third-order valence-corrected chi connectivity index (χ3v) is 3.39. The van der Waals surface area contributed by atoms with Gasteiger partial charge in [-0.1, -0.05) is 24.3 Å². The van der Waals surface area contributed by atoms with Gasteiger partial charge in [0.25, 0.3) is 0 Å². The van der Waals surface area contributed by atoms with Crippen molar-refractivity contribution < 1.29 is 9.13 Å². The van der Waals surface area contributed by atoms with Crippen LogP contribution >= 0.6 is 0 Å². The number of rotatable bonds is 6. The van der Waals surface area contributed by atoms with E-state index in [0.717, 1.165) is 24.4 Å². The van der Waals surface area contributed by atoms with E-state index in [0.29, 0.717) is 17.7 Å². The smallest absolute Gasteiger partial charge is 0.129 e. The number of hydrogen-bond donors (Lipinski definition) is 1. The summed E-state index contributed by atoms with van der Waals surface area (Å²) in [6, 6.07) is 11.9. The fraction of sp³-hybridized carbons (Fsp3) is 0.333. The van der Waals surface area contributed by atoms with Gasteiger partial charge < -0.3 is 10.1 Å². The molecule has 1 N–H and O–H groups in total. The first-order valence-corrected chi connectivity index (χ1v) is 7.28. The van der Waals surface area contributed by atoms with Crippen LogP contribution in [0.5, 0.6) is 5.75 Å². The van der Waals surface area contributed by atoms with Crippen molar-refractivity contribution in [3.63, 3.8) is 0 Å². The quantitative estimate of drug-likeness (QED) is 0.862. The lowest BCUT2D eigenvalue weighted by atomic mass is 10.1. The molecule has 0 aliphatic rings. The molecule has 2 aromatic carbocycles. The lowest BCUT2D eigenvalue weighted by Crippen LogP contribution is -2.13. The molecule has 0 aliphatic heterocycles. The molecule has 21 heavy (non-hydrogen) atoms. The van der Waals surface area contributed by atoms with Crippen LogP contribution in [0, 0.1) is 19.7 Å². The summed E-state index contributed by atoms with van der Waals surface area (Å²) in [5, 5.41) is 3.38. The second kappa shape index (κ2) is 7.23. The average molecular weight is 287 g/mol. The maximum absolute atomic E-state index is 13.6. The molecule has 0 fully saturated rings. The first-order chi connectivity index (χ1) is 10.1. The van der Waals surface area contributed by atoms with E-state index < -0.39 is 0 Å². The Hall–Kier alpha value is -1.87. The Kier molecular flexibility index (Phi) is 5.34. The van der Waals surface area contributed by atoms with Gasteiger partial charge in [0.05, 0.1) is 6.61 Å². The predicted octanol–water partition coefficient (Wildman–Crippen LogP) is 4.13. The fourth-order valence-corrected chi connectivity index (χ4v) is 2.36. The van der Waals surface area contributed by atoms with Gasteiger partial charge in [0.15, 0.2) is 0 Å². The van der Waals surface area contributed by atoms with Crippen molar-refractivity contribution in [2.75, 3.05) is 6.61 Å². The zero-order valence-corrected chi connectivity index (χ0v) is 12.9. The minimum atomic E-state index is -0.106. The number of hydrogen-bond acceptors (Lipinski definition) is 2. The Balaban J connectivity index is 1.89. The molecule has 0 spiro atoms. The minimum Gasteiger partial charge on any atom is -0.494 e. The van der Waals surface area contributed by atoms with Gasteiger partial charge in [0.1, 0.15) is 11.6 Å². The third kappa shape index (κ3) is 4.30. The monoisotopic (exact) mass is 287 g/mol. The number of nitrogens with one attached hydrogen (secondary N) is 1. The highest BCUT2D eigenvalue weighted by atomic mass is 19.1. The molecule has 2 rings (SSSR count). The summed E-state index contributed by atoms with van der Waals surface area (Å²) in [5.74, 6) is 0.788. The van der Waals surface area contributed by atoms with Crippen LogP contribution < -0.4 is 10.1 Å². The summed E-state index contributed by atoms with van der Waals surface area (Å²) in [5.41, 5.74) is 3.71. The molecule has 3 heteroatoms. The Morgan fingerprint density at radius 3 is 2.10 bits per heavy atom. The van der Waals surface area contributed by atoms with Gasteiger partial charge in [-0.25, -0.2) is 4.39 Å². The van der Waals surface area contributed by atoms with Gasteiger partial charge in [-0.2, -0.15) is 0 Å². The maximum Gasteiger partial charge on any atom is 0.129 e. The molecule has 0 aromatic heterocycles. The Morgan fingerprint density at radius 2 is 1.52 bits per heavy atom. The van der Waals surface area contributed by atoms with E-state index in [1.165, 1.54) is 5.56 Å². The Labute approximate surface area is 126 Å². The summed E-state index contributed by atoms with van der Waals surface area (Å²) in [6.45, 7) is 7.77. The highest BCUT2D eigenvalue weighted by Gasteiger charge is 2.04. The van der Waals surface area contributed by atoms with Crippen LogP contribution in [-0.2, 0) is 13.1 Å². The summed E-state index contributed by atoms with van der Waals surface area (Å²) in [4.78, 5) is 0. The third-order valence-electron chi connectivity index (χ3n) is 3.39. The Bertz CT molecular complexity index is 570. The van der Waals surface area contributed by atoms with Crippen molar-refractivity contribution in [1.29, 1.82) is 0 Å². The predicted molar refractivity (Wildman–Crippen MR) is 84.0 cm³/mol. The minimum absolute atomic E-state index is 0.106. The van der Waals surface area contributed by atoms with Gasteiger partial charge in [-0.3, -0.25) is 0 Å². The summed E-state index contributed by atoms with van der Waals surface area (Å²) >= 11 is 0. The van der Waals surface area contributed by atoms with Crippen LogP contribution in [-0.4, -0.2) is 6.61 Å². The van der Waals surface area contributed by atoms with E-state index in [-0.39, 0.29) is 5.82 Å². The summed E-state index contributed by atoms with van der Waals surface area (Å²) in [6.07, 6.45) is 0. The molecule has 0 unspecified atom stereocenters. The van der Waals surface area contributed by atoms with Crippen LogP contribution in [0.4, 0.5) is 4.39 Å². The van der Waals surface area contributed by atoms with Crippen molar-refractivity contribution in [3.8, 4) is 5.75 Å². The molecule has 0 bridgehead atoms. The van der Waals surface area contributed by atoms with Crippen molar-refractivity contribution in [1.82, 2.24) is 5.32 Å². The number of halogens is 1. The van der Waals surface area contributed by atoms with E-state index in [4.69, 9.17) is 4.74 Å². The second-order valence-electron chi connectivity index (χ2n) is 5.22. The SMILES string of the molecule is CCOc1ccc(CNCc2cc(C)c(F)c(C)c2)cc1. The van der Waals surface area contributed by atoms with E-state index in [9.17, 15) is 4.39 Å². The molecule has 0 aliphatic carbocycles. The highest BCUT2D eigenvalue weighted by molar-refractivity contribution is 5.31. The number of benzene rings is 2. The lowest BCUT2D eigenvalue weighted by Gasteiger charge is -2.09. The van der Waals surface area contributed by atoms with E-state index >= 15 is 0 Å². The standard InChI is InChI=1S/C18H22FNO/c1-4-21-17-7-5-15(6-8-17)11-20-12-16-9-13(2)18(19)14(3)10-16/h5-10,20H,4,11-12H2,1-3H3. The van der Waals surface area contributed by atoms with Gasteiger partial charge in [0, 0.05) is 13.1 Å². The van der Waals surface area contributed by atoms with Gasteiger partial charge >= 0.3 is 0 Å². The van der Waals surface area contributed by atoms with Gasteiger partial charge in [-0.15, -0.1) is 0 Å². The molecule has 0 radical (unpaired) electrons. The molecule has 2 aromatic rings. The van der Waals surface area contributed by atoms with E-state index in [2.05, 4.69) is 17.4 Å². The average Bonchev–Trinajstić information content (AvgIpc) is 2.47. The van der Waals surface area contributed by atoms with Crippen molar-refractivity contribution in [2.45, 2.75) is 33.9 Å². The normalized spacial score (nSPS) is 10.7. The maximum atomic E-state index is 13.6. The van der Waals surface area contributed by atoms with Crippen molar-refractivity contribution in [3.05, 3.63) is 64.5 Å². The molecule has 0 atom stereocenters. The van der Waals surface area contributed by atoms with E-state index in [1.54, 1.807) is 13.8 Å². The molecular weight excluding hydrogens is 265 g/mol. The molecule has 0 saturated carbocycles. The number of aryl methyl sites for hydroxylation is 2. The van der Waals surface area contributed by atoms with Crippen LogP contribution in [0.3, 0.4) is 0 Å². The summed E-state index contributed by atoms with van der Waals surface area (Å²) < 4.78 is 19.0. The zero-order chi connectivity index (χ0) is 15.2. The number of ether oxygens (including phenoxy) is 1. The molecular formula is C18H22FNO. The lowest BCUT2D eigenvalue weighted by molar-refractivity contribution is 0.340. The molecule has 2 nitrogen and oxygen atoms in total. The molecule has 0 heterocycles. The van der Waals surface area contributed by atoms with E-state index in [1.807, 2.05) is 31.2 Å². The van der Waals surface area contributed by atoms with Gasteiger partial charge in [-0.05, 0) is 55.2 Å². The topological polar surface area (TPSA) is 21.3 Å². The molecule has 0 saturated heterocycles. The van der Waals surface area contributed by atoms with Gasteiger partial charge in [0.2, 0.25) is 0 Å². The molecule has 0 amide bonds. The second-order valence-corrected chi connectivity index (χ2v) is 5.22. The van der Waals surface area contributed by atoms with Crippen LogP contribution in [0.1, 0.15) is 29.2 Å². The van der Waals surface area contributed by atoms with Crippen molar-refractivity contribution in [2.24, 2.45) is 0 Å². The zero-order valence-electron chi connectivity index (χ0n) is 12.9.